The summed E-state index contributed by atoms with van der Waals surface area (Å²) in [5.74, 6) is 1.58. The van der Waals surface area contributed by atoms with Crippen LogP contribution in [0.25, 0.3) is 0 Å². The molecule has 0 bridgehead atoms. The van der Waals surface area contributed by atoms with E-state index < -0.39 is 0 Å². The van der Waals surface area contributed by atoms with Crippen LogP contribution in [0.5, 0.6) is 0 Å². The lowest BCUT2D eigenvalue weighted by Gasteiger charge is -2.63. The van der Waals surface area contributed by atoms with Crippen molar-refractivity contribution in [1.29, 1.82) is 0 Å². The number of ether oxygens (including phenoxy) is 1. The van der Waals surface area contributed by atoms with Gasteiger partial charge in [0.1, 0.15) is 0 Å². The van der Waals surface area contributed by atoms with Crippen molar-refractivity contribution >= 4 is 17.6 Å². The lowest BCUT2D eigenvalue weighted by Crippen LogP contribution is -2.72. The molecule has 1 spiro atoms. The molecule has 2 saturated carbocycles. The molecule has 4 rings (SSSR count). The fourth-order valence-electron chi connectivity index (χ4n) is 4.82. The second-order valence-corrected chi connectivity index (χ2v) is 7.77. The van der Waals surface area contributed by atoms with Crippen molar-refractivity contribution in [2.45, 2.75) is 44.2 Å². The molecule has 3 aliphatic rings. The Bertz CT molecular complexity index is 629. The molecule has 1 aromatic carbocycles. The summed E-state index contributed by atoms with van der Waals surface area (Å²) in [6, 6.07) is 8.57. The van der Waals surface area contributed by atoms with E-state index in [1.165, 1.54) is 31.2 Å². The first-order valence-corrected chi connectivity index (χ1v) is 9.44. The van der Waals surface area contributed by atoms with Gasteiger partial charge in [-0.05, 0) is 43.4 Å². The molecule has 1 aliphatic heterocycles. The number of hydrogen-bond donors (Lipinski definition) is 2. The summed E-state index contributed by atoms with van der Waals surface area (Å²) < 4.78 is 5.99. The first-order valence-electron chi connectivity index (χ1n) is 9.06. The number of fused-ring (bicyclic) bond motifs is 2. The Kier molecular flexibility index (Phi) is 4.44. The van der Waals surface area contributed by atoms with Crippen LogP contribution in [0.2, 0.25) is 5.02 Å². The predicted octanol–water partition coefficient (Wildman–Crippen LogP) is 3.01. The van der Waals surface area contributed by atoms with Gasteiger partial charge in [-0.15, -0.1) is 0 Å². The van der Waals surface area contributed by atoms with Crippen molar-refractivity contribution in [3.05, 3.63) is 34.9 Å². The van der Waals surface area contributed by atoms with Crippen molar-refractivity contribution in [3.8, 4) is 0 Å². The molecule has 1 heterocycles. The second kappa shape index (κ2) is 6.57. The van der Waals surface area contributed by atoms with E-state index in [1.807, 2.05) is 25.2 Å². The molecule has 0 aromatic heterocycles. The highest BCUT2D eigenvalue weighted by molar-refractivity contribution is 6.30. The third-order valence-corrected chi connectivity index (χ3v) is 6.38. The Morgan fingerprint density at radius 3 is 3.00 bits per heavy atom. The van der Waals surface area contributed by atoms with Crippen molar-refractivity contribution in [1.82, 2.24) is 10.6 Å². The van der Waals surface area contributed by atoms with Gasteiger partial charge >= 0.3 is 0 Å². The standard InChI is InChI=1S/C19H26ClN3O/c1-21-18(22-10-6-13-4-2-5-14(20)12-13)23-16-15-7-11-24-17(15)19(16)8-3-9-19/h2,4-5,12,15-17H,3,6-11H2,1H3,(H2,21,22,23). The number of rotatable bonds is 4. The quantitative estimate of drug-likeness (QED) is 0.650. The average molecular weight is 348 g/mol. The fraction of sp³-hybridized carbons (Fsp3) is 0.632. The fourth-order valence-corrected chi connectivity index (χ4v) is 5.03. The van der Waals surface area contributed by atoms with E-state index in [9.17, 15) is 0 Å². The molecule has 4 nitrogen and oxygen atoms in total. The van der Waals surface area contributed by atoms with Gasteiger partial charge in [0.15, 0.2) is 5.96 Å². The van der Waals surface area contributed by atoms with E-state index in [0.717, 1.165) is 30.6 Å². The summed E-state index contributed by atoms with van der Waals surface area (Å²) in [6.45, 7) is 1.78. The zero-order valence-corrected chi connectivity index (χ0v) is 15.0. The van der Waals surface area contributed by atoms with Gasteiger partial charge in [0.2, 0.25) is 0 Å². The van der Waals surface area contributed by atoms with Crippen LogP contribution < -0.4 is 10.6 Å². The summed E-state index contributed by atoms with van der Waals surface area (Å²) in [5.41, 5.74) is 1.62. The van der Waals surface area contributed by atoms with Gasteiger partial charge in [-0.3, -0.25) is 4.99 Å². The Morgan fingerprint density at radius 1 is 1.42 bits per heavy atom. The number of nitrogens with zero attached hydrogens (tertiary/aromatic N) is 1. The molecule has 2 aliphatic carbocycles. The van der Waals surface area contributed by atoms with Crippen molar-refractivity contribution in [3.63, 3.8) is 0 Å². The van der Waals surface area contributed by atoms with Crippen LogP contribution in [-0.4, -0.2) is 38.3 Å². The van der Waals surface area contributed by atoms with E-state index in [0.29, 0.717) is 23.5 Å². The molecule has 1 saturated heterocycles. The van der Waals surface area contributed by atoms with E-state index in [2.05, 4.69) is 21.7 Å². The van der Waals surface area contributed by atoms with Gasteiger partial charge < -0.3 is 15.4 Å². The maximum atomic E-state index is 6.05. The largest absolute Gasteiger partial charge is 0.377 e. The van der Waals surface area contributed by atoms with Crippen LogP contribution in [0.1, 0.15) is 31.2 Å². The normalized spacial score (nSPS) is 30.4. The van der Waals surface area contributed by atoms with Gasteiger partial charge in [-0.2, -0.15) is 0 Å². The van der Waals surface area contributed by atoms with Gasteiger partial charge in [0, 0.05) is 42.6 Å². The molecule has 24 heavy (non-hydrogen) atoms. The average Bonchev–Trinajstić information content (AvgIpc) is 2.94. The van der Waals surface area contributed by atoms with Crippen molar-refractivity contribution < 1.29 is 4.74 Å². The highest BCUT2D eigenvalue weighted by Crippen LogP contribution is 2.62. The first-order chi connectivity index (χ1) is 11.7. The van der Waals surface area contributed by atoms with Crippen LogP contribution in [0.4, 0.5) is 0 Å². The summed E-state index contributed by atoms with van der Waals surface area (Å²) >= 11 is 6.05. The minimum atomic E-state index is 0.381. The van der Waals surface area contributed by atoms with Gasteiger partial charge in [-0.25, -0.2) is 0 Å². The molecule has 0 radical (unpaired) electrons. The van der Waals surface area contributed by atoms with Gasteiger partial charge in [0.05, 0.1) is 6.10 Å². The third-order valence-electron chi connectivity index (χ3n) is 6.15. The summed E-state index contributed by atoms with van der Waals surface area (Å²) in [5, 5.41) is 7.95. The number of aliphatic imine (C=N–C) groups is 1. The zero-order valence-electron chi connectivity index (χ0n) is 14.2. The molecular weight excluding hydrogens is 322 g/mol. The molecule has 3 fully saturated rings. The van der Waals surface area contributed by atoms with Crippen LogP contribution in [0.15, 0.2) is 29.3 Å². The third kappa shape index (κ3) is 2.70. The molecule has 3 unspecified atom stereocenters. The smallest absolute Gasteiger partial charge is 0.191 e. The molecule has 3 atom stereocenters. The Balaban J connectivity index is 1.32. The first kappa shape index (κ1) is 16.2. The lowest BCUT2D eigenvalue weighted by molar-refractivity contribution is -0.171. The van der Waals surface area contributed by atoms with Crippen molar-refractivity contribution in [2.75, 3.05) is 20.2 Å². The molecule has 130 valence electrons. The monoisotopic (exact) mass is 347 g/mol. The molecule has 0 amide bonds. The highest BCUT2D eigenvalue weighted by atomic mass is 35.5. The number of halogens is 1. The van der Waals surface area contributed by atoms with Gasteiger partial charge in [-0.1, -0.05) is 30.2 Å². The SMILES string of the molecule is CN=C(NCCc1cccc(Cl)c1)NC1C2CCOC2C12CCC2. The molecular formula is C19H26ClN3O. The minimum absolute atomic E-state index is 0.381. The highest BCUT2D eigenvalue weighted by Gasteiger charge is 2.66. The van der Waals surface area contributed by atoms with Crippen LogP contribution in [-0.2, 0) is 11.2 Å². The predicted molar refractivity (Wildman–Crippen MR) is 97.6 cm³/mol. The van der Waals surface area contributed by atoms with Crippen LogP contribution in [0.3, 0.4) is 0 Å². The molecule has 5 heteroatoms. The number of nitrogens with one attached hydrogen (secondary N) is 2. The second-order valence-electron chi connectivity index (χ2n) is 7.33. The summed E-state index contributed by atoms with van der Waals surface area (Å²) in [6.07, 6.45) is 6.55. The summed E-state index contributed by atoms with van der Waals surface area (Å²) in [7, 11) is 1.85. The van der Waals surface area contributed by atoms with E-state index in [-0.39, 0.29) is 0 Å². The van der Waals surface area contributed by atoms with E-state index in [4.69, 9.17) is 16.3 Å². The Morgan fingerprint density at radius 2 is 2.29 bits per heavy atom. The Labute approximate surface area is 149 Å². The lowest BCUT2D eigenvalue weighted by atomic mass is 9.46. The Hall–Kier alpha value is -1.26. The topological polar surface area (TPSA) is 45.7 Å². The zero-order chi connectivity index (χ0) is 16.6. The maximum Gasteiger partial charge on any atom is 0.191 e. The van der Waals surface area contributed by atoms with Gasteiger partial charge in [0.25, 0.3) is 0 Å². The summed E-state index contributed by atoms with van der Waals surface area (Å²) in [4.78, 5) is 4.42. The number of benzene rings is 1. The number of guanidine groups is 1. The molecule has 1 aromatic rings. The number of hydrogen-bond acceptors (Lipinski definition) is 2. The van der Waals surface area contributed by atoms with Crippen LogP contribution in [0, 0.1) is 11.3 Å². The maximum absolute atomic E-state index is 6.05. The van der Waals surface area contributed by atoms with E-state index >= 15 is 0 Å². The van der Waals surface area contributed by atoms with E-state index in [1.54, 1.807) is 0 Å². The molecule has 2 N–H and O–H groups in total. The minimum Gasteiger partial charge on any atom is -0.377 e. The van der Waals surface area contributed by atoms with Crippen molar-refractivity contribution in [2.24, 2.45) is 16.3 Å². The van der Waals surface area contributed by atoms with Crippen LogP contribution >= 0.6 is 11.6 Å².